The standard InChI is InChI=1S/C19H27N5O/c1-12-10-18(13(2)23(12)16-7-8-16)19(25)22-9-5-6-17(11-22)24-15(4)20-14(3)21-24/h10,16-17H,5-9,11H2,1-4H3/t17-/m0/s1. The van der Waals surface area contributed by atoms with E-state index >= 15 is 0 Å². The second kappa shape index (κ2) is 6.00. The normalized spacial score (nSPS) is 21.0. The first-order chi connectivity index (χ1) is 12.0. The van der Waals surface area contributed by atoms with Crippen molar-refractivity contribution in [3.8, 4) is 0 Å². The Hall–Kier alpha value is -2.11. The van der Waals surface area contributed by atoms with Gasteiger partial charge in [-0.05, 0) is 59.4 Å². The molecule has 1 aliphatic carbocycles. The second-order valence-corrected chi connectivity index (χ2v) is 7.58. The fourth-order valence-electron chi connectivity index (χ4n) is 4.28. The molecule has 0 spiro atoms. The minimum Gasteiger partial charge on any atom is -0.345 e. The van der Waals surface area contributed by atoms with Crippen LogP contribution in [0.3, 0.4) is 0 Å². The van der Waals surface area contributed by atoms with Crippen molar-refractivity contribution in [2.45, 2.75) is 65.5 Å². The number of carbonyl (C=O) groups is 1. The van der Waals surface area contributed by atoms with Gasteiger partial charge in [0.15, 0.2) is 0 Å². The van der Waals surface area contributed by atoms with Crippen LogP contribution in [0.2, 0.25) is 0 Å². The van der Waals surface area contributed by atoms with E-state index in [-0.39, 0.29) is 11.9 Å². The molecule has 0 unspecified atom stereocenters. The van der Waals surface area contributed by atoms with Crippen LogP contribution in [-0.2, 0) is 0 Å². The summed E-state index contributed by atoms with van der Waals surface area (Å²) in [6.45, 7) is 9.66. The Bertz CT molecular complexity index is 814. The fraction of sp³-hybridized carbons (Fsp3) is 0.632. The van der Waals surface area contributed by atoms with E-state index < -0.39 is 0 Å². The lowest BCUT2D eigenvalue weighted by atomic mass is 10.0. The van der Waals surface area contributed by atoms with Gasteiger partial charge >= 0.3 is 0 Å². The molecule has 2 fully saturated rings. The van der Waals surface area contributed by atoms with Gasteiger partial charge in [-0.1, -0.05) is 0 Å². The Balaban J connectivity index is 1.56. The van der Waals surface area contributed by atoms with Crippen molar-refractivity contribution in [3.63, 3.8) is 0 Å². The maximum Gasteiger partial charge on any atom is 0.255 e. The topological polar surface area (TPSA) is 56.0 Å². The van der Waals surface area contributed by atoms with Crippen LogP contribution < -0.4 is 0 Å². The Labute approximate surface area is 148 Å². The molecule has 4 rings (SSSR count). The number of piperidine rings is 1. The number of nitrogens with zero attached hydrogens (tertiary/aromatic N) is 5. The van der Waals surface area contributed by atoms with Crippen molar-refractivity contribution < 1.29 is 4.79 Å². The third-order valence-corrected chi connectivity index (χ3v) is 5.56. The smallest absolute Gasteiger partial charge is 0.255 e. The van der Waals surface area contributed by atoms with Crippen LogP contribution in [0.1, 0.15) is 71.2 Å². The molecule has 1 saturated carbocycles. The molecule has 0 N–H and O–H groups in total. The first kappa shape index (κ1) is 16.4. The molecule has 1 aliphatic heterocycles. The van der Waals surface area contributed by atoms with E-state index in [2.05, 4.69) is 34.6 Å². The van der Waals surface area contributed by atoms with Gasteiger partial charge in [0, 0.05) is 30.5 Å². The molecule has 2 aromatic rings. The van der Waals surface area contributed by atoms with E-state index in [1.165, 1.54) is 18.5 Å². The summed E-state index contributed by atoms with van der Waals surface area (Å²) in [5.74, 6) is 1.90. The predicted molar refractivity (Wildman–Crippen MR) is 95.8 cm³/mol. The number of aryl methyl sites for hydroxylation is 3. The van der Waals surface area contributed by atoms with Crippen molar-refractivity contribution in [1.29, 1.82) is 0 Å². The number of aromatic nitrogens is 4. The number of rotatable bonds is 3. The highest BCUT2D eigenvalue weighted by Crippen LogP contribution is 2.38. The number of hydrogen-bond acceptors (Lipinski definition) is 3. The summed E-state index contributed by atoms with van der Waals surface area (Å²) in [6.07, 6.45) is 4.53. The Morgan fingerprint density at radius 2 is 1.88 bits per heavy atom. The van der Waals surface area contributed by atoms with Crippen LogP contribution in [0, 0.1) is 27.7 Å². The third-order valence-electron chi connectivity index (χ3n) is 5.56. The monoisotopic (exact) mass is 341 g/mol. The zero-order chi connectivity index (χ0) is 17.7. The van der Waals surface area contributed by atoms with E-state index in [9.17, 15) is 4.79 Å². The highest BCUT2D eigenvalue weighted by Gasteiger charge is 2.32. The lowest BCUT2D eigenvalue weighted by molar-refractivity contribution is 0.0670. The van der Waals surface area contributed by atoms with Crippen LogP contribution in [0.15, 0.2) is 6.07 Å². The van der Waals surface area contributed by atoms with Crippen molar-refractivity contribution in [2.24, 2.45) is 0 Å². The zero-order valence-electron chi connectivity index (χ0n) is 15.6. The van der Waals surface area contributed by atoms with Gasteiger partial charge in [-0.15, -0.1) is 0 Å². The average Bonchev–Trinajstić information content (AvgIpc) is 3.29. The summed E-state index contributed by atoms with van der Waals surface area (Å²) in [4.78, 5) is 19.6. The highest BCUT2D eigenvalue weighted by atomic mass is 16.2. The second-order valence-electron chi connectivity index (χ2n) is 7.58. The number of amides is 1. The summed E-state index contributed by atoms with van der Waals surface area (Å²) >= 11 is 0. The lowest BCUT2D eigenvalue weighted by Gasteiger charge is -2.33. The minimum absolute atomic E-state index is 0.166. The van der Waals surface area contributed by atoms with Gasteiger partial charge in [0.05, 0.1) is 11.6 Å². The van der Waals surface area contributed by atoms with E-state index in [0.717, 1.165) is 48.8 Å². The average molecular weight is 341 g/mol. The molecular formula is C19H27N5O. The Morgan fingerprint density at radius 3 is 2.52 bits per heavy atom. The lowest BCUT2D eigenvalue weighted by Crippen LogP contribution is -2.41. The van der Waals surface area contributed by atoms with Gasteiger partial charge in [0.2, 0.25) is 0 Å². The molecule has 3 heterocycles. The van der Waals surface area contributed by atoms with Crippen LogP contribution >= 0.6 is 0 Å². The van der Waals surface area contributed by atoms with Gasteiger partial charge in [0.25, 0.3) is 5.91 Å². The summed E-state index contributed by atoms with van der Waals surface area (Å²) < 4.78 is 4.35. The predicted octanol–water partition coefficient (Wildman–Crippen LogP) is 3.13. The molecule has 25 heavy (non-hydrogen) atoms. The SMILES string of the molecule is Cc1nc(C)n([C@H]2CCCN(C(=O)c3cc(C)n(C4CC4)c3C)C2)n1. The quantitative estimate of drug-likeness (QED) is 0.862. The van der Waals surface area contributed by atoms with Crippen LogP contribution in [-0.4, -0.2) is 43.2 Å². The molecule has 0 bridgehead atoms. The molecular weight excluding hydrogens is 314 g/mol. The molecule has 6 nitrogen and oxygen atoms in total. The molecule has 1 atom stereocenters. The minimum atomic E-state index is 0.166. The van der Waals surface area contributed by atoms with Gasteiger partial charge < -0.3 is 9.47 Å². The Kier molecular flexibility index (Phi) is 3.93. The van der Waals surface area contributed by atoms with Crippen molar-refractivity contribution in [3.05, 3.63) is 34.7 Å². The molecule has 6 heteroatoms. The molecule has 0 radical (unpaired) electrons. The van der Waals surface area contributed by atoms with E-state index in [1.807, 2.05) is 23.4 Å². The summed E-state index contributed by atoms with van der Waals surface area (Å²) in [6, 6.07) is 2.91. The summed E-state index contributed by atoms with van der Waals surface area (Å²) in [5, 5.41) is 4.53. The fourth-order valence-corrected chi connectivity index (χ4v) is 4.28. The number of likely N-dealkylation sites (tertiary alicyclic amines) is 1. The van der Waals surface area contributed by atoms with Gasteiger partial charge in [-0.2, -0.15) is 5.10 Å². The van der Waals surface area contributed by atoms with Crippen LogP contribution in [0.25, 0.3) is 0 Å². The summed E-state index contributed by atoms with van der Waals surface area (Å²) in [7, 11) is 0. The number of carbonyl (C=O) groups excluding carboxylic acids is 1. The molecule has 1 saturated heterocycles. The van der Waals surface area contributed by atoms with Crippen molar-refractivity contribution >= 4 is 5.91 Å². The maximum atomic E-state index is 13.2. The van der Waals surface area contributed by atoms with E-state index in [1.54, 1.807) is 0 Å². The number of hydrogen-bond donors (Lipinski definition) is 0. The van der Waals surface area contributed by atoms with Gasteiger partial charge in [-0.3, -0.25) is 4.79 Å². The molecule has 0 aromatic carbocycles. The molecule has 1 amide bonds. The van der Waals surface area contributed by atoms with E-state index in [4.69, 9.17) is 0 Å². The van der Waals surface area contributed by atoms with Crippen molar-refractivity contribution in [2.75, 3.05) is 13.1 Å². The van der Waals surface area contributed by atoms with Gasteiger partial charge in [0.1, 0.15) is 11.6 Å². The van der Waals surface area contributed by atoms with Crippen LogP contribution in [0.5, 0.6) is 0 Å². The Morgan fingerprint density at radius 1 is 1.12 bits per heavy atom. The largest absolute Gasteiger partial charge is 0.345 e. The van der Waals surface area contributed by atoms with Crippen LogP contribution in [0.4, 0.5) is 0 Å². The van der Waals surface area contributed by atoms with Gasteiger partial charge in [-0.25, -0.2) is 9.67 Å². The first-order valence-corrected chi connectivity index (χ1v) is 9.33. The van der Waals surface area contributed by atoms with E-state index in [0.29, 0.717) is 6.04 Å². The zero-order valence-corrected chi connectivity index (χ0v) is 15.6. The maximum absolute atomic E-state index is 13.2. The summed E-state index contributed by atoms with van der Waals surface area (Å²) in [5.41, 5.74) is 3.20. The molecule has 134 valence electrons. The molecule has 2 aromatic heterocycles. The highest BCUT2D eigenvalue weighted by molar-refractivity contribution is 5.95. The molecule has 2 aliphatic rings. The van der Waals surface area contributed by atoms with Crippen molar-refractivity contribution in [1.82, 2.24) is 24.2 Å². The third kappa shape index (κ3) is 2.87. The first-order valence-electron chi connectivity index (χ1n) is 9.33.